The first-order valence-corrected chi connectivity index (χ1v) is 7.72. The van der Waals surface area contributed by atoms with Crippen molar-refractivity contribution in [3.63, 3.8) is 0 Å². The van der Waals surface area contributed by atoms with Gasteiger partial charge in [0.2, 0.25) is 5.91 Å². The summed E-state index contributed by atoms with van der Waals surface area (Å²) in [6, 6.07) is 6.95. The molecule has 1 heterocycles. The predicted molar refractivity (Wildman–Crippen MR) is 81.8 cm³/mol. The summed E-state index contributed by atoms with van der Waals surface area (Å²) >= 11 is 0. The Hall–Kier alpha value is -1.35. The maximum Gasteiger partial charge on any atom is 0.224 e. The molecule has 1 aromatic carbocycles. The summed E-state index contributed by atoms with van der Waals surface area (Å²) in [5, 5.41) is 6.49. The highest BCUT2D eigenvalue weighted by Gasteiger charge is 2.37. The van der Waals surface area contributed by atoms with Crippen LogP contribution < -0.4 is 10.6 Å². The number of amides is 1. The van der Waals surface area contributed by atoms with Crippen molar-refractivity contribution in [2.24, 2.45) is 5.41 Å². The van der Waals surface area contributed by atoms with Crippen molar-refractivity contribution in [3.05, 3.63) is 29.3 Å². The van der Waals surface area contributed by atoms with Gasteiger partial charge in [-0.3, -0.25) is 4.79 Å². The summed E-state index contributed by atoms with van der Waals surface area (Å²) in [6.45, 7) is 2.41. The van der Waals surface area contributed by atoms with Crippen molar-refractivity contribution in [2.75, 3.05) is 12.4 Å². The van der Waals surface area contributed by atoms with E-state index in [0.717, 1.165) is 12.1 Å². The van der Waals surface area contributed by atoms with Crippen molar-refractivity contribution in [2.45, 2.75) is 51.5 Å². The van der Waals surface area contributed by atoms with Crippen LogP contribution in [0.2, 0.25) is 0 Å². The second kappa shape index (κ2) is 5.21. The van der Waals surface area contributed by atoms with Crippen LogP contribution in [0, 0.1) is 5.41 Å². The molecule has 1 saturated carbocycles. The fourth-order valence-electron chi connectivity index (χ4n) is 3.97. The number of benzene rings is 1. The predicted octanol–water partition coefficient (Wildman–Crippen LogP) is 3.41. The third kappa shape index (κ3) is 2.35. The van der Waals surface area contributed by atoms with Crippen LogP contribution in [0.1, 0.15) is 56.2 Å². The number of anilines is 1. The molecular weight excluding hydrogens is 248 g/mol. The van der Waals surface area contributed by atoms with Gasteiger partial charge in [-0.25, -0.2) is 0 Å². The van der Waals surface area contributed by atoms with Gasteiger partial charge >= 0.3 is 0 Å². The van der Waals surface area contributed by atoms with Crippen molar-refractivity contribution in [3.8, 4) is 0 Å². The third-order valence-corrected chi connectivity index (χ3v) is 5.09. The molecule has 3 nitrogen and oxygen atoms in total. The Bertz CT molecular complexity index is 518. The van der Waals surface area contributed by atoms with Gasteiger partial charge in [-0.15, -0.1) is 0 Å². The smallest absolute Gasteiger partial charge is 0.224 e. The van der Waals surface area contributed by atoms with Crippen molar-refractivity contribution >= 4 is 11.6 Å². The lowest BCUT2D eigenvalue weighted by molar-refractivity contribution is -0.116. The monoisotopic (exact) mass is 272 g/mol. The van der Waals surface area contributed by atoms with Crippen LogP contribution in [0.4, 0.5) is 5.69 Å². The van der Waals surface area contributed by atoms with Crippen molar-refractivity contribution < 1.29 is 4.79 Å². The molecule has 3 rings (SSSR count). The number of fused-ring (bicyclic) bond motifs is 1. The normalized spacial score (nSPS) is 22.2. The molecule has 2 aliphatic rings. The second-order valence-electron chi connectivity index (χ2n) is 6.55. The first-order chi connectivity index (χ1) is 9.62. The van der Waals surface area contributed by atoms with E-state index in [0.29, 0.717) is 17.9 Å². The van der Waals surface area contributed by atoms with Crippen molar-refractivity contribution in [1.29, 1.82) is 0 Å². The Labute approximate surface area is 121 Å². The first kappa shape index (κ1) is 13.6. The van der Waals surface area contributed by atoms with E-state index in [1.807, 2.05) is 0 Å². The van der Waals surface area contributed by atoms with Crippen LogP contribution in [0.15, 0.2) is 18.2 Å². The van der Waals surface area contributed by atoms with Crippen LogP contribution >= 0.6 is 0 Å². The molecule has 1 unspecified atom stereocenters. The lowest BCUT2D eigenvalue weighted by atomic mass is 9.76. The zero-order valence-corrected chi connectivity index (χ0v) is 12.5. The second-order valence-corrected chi connectivity index (χ2v) is 6.55. The highest BCUT2D eigenvalue weighted by atomic mass is 16.1. The number of nitrogens with one attached hydrogen (secondary N) is 2. The number of hydrogen-bond donors (Lipinski definition) is 2. The molecule has 1 aliphatic carbocycles. The minimum Gasteiger partial charge on any atom is -0.326 e. The fourth-order valence-corrected chi connectivity index (χ4v) is 3.97. The molecule has 3 heteroatoms. The zero-order chi connectivity index (χ0) is 14.2. The lowest BCUT2D eigenvalue weighted by Crippen LogP contribution is -2.32. The SMILES string of the molecule is CNC(c1ccc2c(c1)CCC(=O)N2)C1(C)CCCC1. The van der Waals surface area contributed by atoms with Gasteiger partial charge in [0.25, 0.3) is 0 Å². The van der Waals surface area contributed by atoms with Crippen LogP contribution in [0.5, 0.6) is 0 Å². The topological polar surface area (TPSA) is 41.1 Å². The summed E-state index contributed by atoms with van der Waals surface area (Å²) in [5.41, 5.74) is 4.01. The van der Waals surface area contributed by atoms with E-state index in [9.17, 15) is 4.79 Å². The summed E-state index contributed by atoms with van der Waals surface area (Å²) < 4.78 is 0. The summed E-state index contributed by atoms with van der Waals surface area (Å²) in [6.07, 6.45) is 6.75. The summed E-state index contributed by atoms with van der Waals surface area (Å²) in [7, 11) is 2.06. The van der Waals surface area contributed by atoms with Gasteiger partial charge < -0.3 is 10.6 Å². The standard InChI is InChI=1S/C17H24N2O/c1-17(9-3-4-10-17)16(18-2)13-5-7-14-12(11-13)6-8-15(20)19-14/h5,7,11,16,18H,3-4,6,8-10H2,1-2H3,(H,19,20). The van der Waals surface area contributed by atoms with Crippen LogP contribution in [0.3, 0.4) is 0 Å². The average molecular weight is 272 g/mol. The molecule has 108 valence electrons. The summed E-state index contributed by atoms with van der Waals surface area (Å²) in [5.74, 6) is 0.137. The van der Waals surface area contributed by atoms with E-state index in [2.05, 4.69) is 42.8 Å². The molecule has 1 amide bonds. The largest absolute Gasteiger partial charge is 0.326 e. The van der Waals surface area contributed by atoms with E-state index in [1.54, 1.807) is 0 Å². The minimum atomic E-state index is 0.137. The quantitative estimate of drug-likeness (QED) is 0.885. The van der Waals surface area contributed by atoms with Gasteiger partial charge in [0.15, 0.2) is 0 Å². The molecule has 0 saturated heterocycles. The molecular formula is C17H24N2O. The van der Waals surface area contributed by atoms with Gasteiger partial charge in [0, 0.05) is 18.2 Å². The van der Waals surface area contributed by atoms with E-state index in [4.69, 9.17) is 0 Å². The molecule has 2 N–H and O–H groups in total. The highest BCUT2D eigenvalue weighted by Crippen LogP contribution is 2.47. The molecule has 20 heavy (non-hydrogen) atoms. The zero-order valence-electron chi connectivity index (χ0n) is 12.5. The van der Waals surface area contributed by atoms with Gasteiger partial charge in [0.1, 0.15) is 0 Å². The maximum atomic E-state index is 11.4. The molecule has 1 atom stereocenters. The molecule has 1 aliphatic heterocycles. The number of carbonyl (C=O) groups is 1. The average Bonchev–Trinajstić information content (AvgIpc) is 2.87. The van der Waals surface area contributed by atoms with Gasteiger partial charge in [0.05, 0.1) is 0 Å². The Morgan fingerprint density at radius 3 is 2.70 bits per heavy atom. The number of aryl methyl sites for hydroxylation is 1. The van der Waals surface area contributed by atoms with Crippen LogP contribution in [-0.2, 0) is 11.2 Å². The molecule has 1 fully saturated rings. The third-order valence-electron chi connectivity index (χ3n) is 5.09. The fraction of sp³-hybridized carbons (Fsp3) is 0.588. The summed E-state index contributed by atoms with van der Waals surface area (Å²) in [4.78, 5) is 11.4. The first-order valence-electron chi connectivity index (χ1n) is 7.72. The Morgan fingerprint density at radius 2 is 2.00 bits per heavy atom. The molecule has 0 aromatic heterocycles. The highest BCUT2D eigenvalue weighted by molar-refractivity contribution is 5.93. The molecule has 1 aromatic rings. The number of rotatable bonds is 3. The Morgan fingerprint density at radius 1 is 1.25 bits per heavy atom. The Balaban J connectivity index is 1.91. The lowest BCUT2D eigenvalue weighted by Gasteiger charge is -2.35. The van der Waals surface area contributed by atoms with E-state index < -0.39 is 0 Å². The van der Waals surface area contributed by atoms with Crippen LogP contribution in [0.25, 0.3) is 0 Å². The molecule has 0 spiro atoms. The van der Waals surface area contributed by atoms with E-state index >= 15 is 0 Å². The number of hydrogen-bond acceptors (Lipinski definition) is 2. The molecule has 0 bridgehead atoms. The van der Waals surface area contributed by atoms with Gasteiger partial charge in [-0.1, -0.05) is 31.9 Å². The number of carbonyl (C=O) groups excluding carboxylic acids is 1. The van der Waals surface area contributed by atoms with Crippen molar-refractivity contribution in [1.82, 2.24) is 5.32 Å². The van der Waals surface area contributed by atoms with E-state index in [-0.39, 0.29) is 5.91 Å². The Kier molecular flexibility index (Phi) is 3.55. The van der Waals surface area contributed by atoms with Crippen LogP contribution in [-0.4, -0.2) is 13.0 Å². The van der Waals surface area contributed by atoms with E-state index in [1.165, 1.54) is 36.8 Å². The minimum absolute atomic E-state index is 0.137. The van der Waals surface area contributed by atoms with Gasteiger partial charge in [-0.2, -0.15) is 0 Å². The van der Waals surface area contributed by atoms with Gasteiger partial charge in [-0.05, 0) is 48.9 Å². The maximum absolute atomic E-state index is 11.4. The molecule has 0 radical (unpaired) electrons.